The summed E-state index contributed by atoms with van der Waals surface area (Å²) in [4.78, 5) is 12.0. The summed E-state index contributed by atoms with van der Waals surface area (Å²) in [6.07, 6.45) is 2.30. The molecule has 0 bridgehead atoms. The molecule has 1 amide bonds. The summed E-state index contributed by atoms with van der Waals surface area (Å²) >= 11 is 0. The molecule has 2 rings (SSSR count). The molecule has 0 aromatic heterocycles. The van der Waals surface area contributed by atoms with Gasteiger partial charge in [0.2, 0.25) is 5.91 Å². The Morgan fingerprint density at radius 3 is 2.95 bits per heavy atom. The molecule has 1 unspecified atom stereocenters. The van der Waals surface area contributed by atoms with Gasteiger partial charge in [0.1, 0.15) is 5.82 Å². The van der Waals surface area contributed by atoms with Crippen molar-refractivity contribution < 1.29 is 9.18 Å². The lowest BCUT2D eigenvalue weighted by molar-refractivity contribution is -0.123. The average molecular weight is 264 g/mol. The number of rotatable bonds is 4. The largest absolute Gasteiger partial charge is 0.348 e. The van der Waals surface area contributed by atoms with E-state index in [9.17, 15) is 9.18 Å². The Bertz CT molecular complexity index is 473. The third-order valence-corrected chi connectivity index (χ3v) is 3.56. The van der Waals surface area contributed by atoms with Crippen molar-refractivity contribution in [2.75, 3.05) is 0 Å². The number of benzene rings is 1. The van der Waals surface area contributed by atoms with E-state index >= 15 is 0 Å². The Hall–Kier alpha value is -1.42. The molecule has 0 radical (unpaired) electrons. The minimum Gasteiger partial charge on any atom is -0.348 e. The smallest absolute Gasteiger partial charge is 0.237 e. The van der Waals surface area contributed by atoms with Gasteiger partial charge in [-0.05, 0) is 48.4 Å². The van der Waals surface area contributed by atoms with E-state index in [0.29, 0.717) is 12.3 Å². The fourth-order valence-corrected chi connectivity index (χ4v) is 2.63. The summed E-state index contributed by atoms with van der Waals surface area (Å²) in [5, 5.41) is 2.97. The molecule has 0 saturated heterocycles. The van der Waals surface area contributed by atoms with E-state index < -0.39 is 6.04 Å². The van der Waals surface area contributed by atoms with Gasteiger partial charge < -0.3 is 11.1 Å². The lowest BCUT2D eigenvalue weighted by Crippen LogP contribution is -2.42. The summed E-state index contributed by atoms with van der Waals surface area (Å²) in [5.41, 5.74) is 7.88. The van der Waals surface area contributed by atoms with Gasteiger partial charge in [0, 0.05) is 0 Å². The maximum atomic E-state index is 13.1. The fourth-order valence-electron chi connectivity index (χ4n) is 2.63. The van der Waals surface area contributed by atoms with E-state index in [2.05, 4.69) is 5.32 Å². The average Bonchev–Trinajstić information content (AvgIpc) is 2.70. The predicted octanol–water partition coefficient (Wildman–Crippen LogP) is 2.30. The summed E-state index contributed by atoms with van der Waals surface area (Å²) in [6, 6.07) is 4.26. The van der Waals surface area contributed by atoms with Crippen LogP contribution in [0.15, 0.2) is 18.2 Å². The zero-order chi connectivity index (χ0) is 14.0. The van der Waals surface area contributed by atoms with Gasteiger partial charge in [0.05, 0.1) is 12.1 Å². The van der Waals surface area contributed by atoms with Gasteiger partial charge in [0.25, 0.3) is 0 Å². The molecule has 0 aliphatic heterocycles. The molecule has 0 fully saturated rings. The zero-order valence-corrected chi connectivity index (χ0v) is 11.4. The molecule has 2 atom stereocenters. The van der Waals surface area contributed by atoms with E-state index in [4.69, 9.17) is 5.73 Å². The topological polar surface area (TPSA) is 55.1 Å². The summed E-state index contributed by atoms with van der Waals surface area (Å²) in [6.45, 7) is 4.08. The van der Waals surface area contributed by atoms with E-state index in [1.807, 2.05) is 13.8 Å². The molecule has 1 aromatic carbocycles. The highest BCUT2D eigenvalue weighted by molar-refractivity contribution is 5.82. The van der Waals surface area contributed by atoms with Crippen LogP contribution in [-0.2, 0) is 11.2 Å². The third kappa shape index (κ3) is 3.32. The number of carbonyl (C=O) groups excluding carboxylic acids is 1. The molecule has 0 heterocycles. The number of carbonyl (C=O) groups is 1. The lowest BCUT2D eigenvalue weighted by atomic mass is 10.0. The van der Waals surface area contributed by atoms with Crippen molar-refractivity contribution in [3.8, 4) is 0 Å². The number of nitrogens with one attached hydrogen (secondary N) is 1. The SMILES string of the molecule is CC(C)C[C@H](N)C(=O)NC1CCc2cc(F)ccc21. The van der Waals surface area contributed by atoms with Crippen molar-refractivity contribution in [3.05, 3.63) is 35.1 Å². The Balaban J connectivity index is 2.01. The van der Waals surface area contributed by atoms with Crippen molar-refractivity contribution in [2.24, 2.45) is 11.7 Å². The Kier molecular flexibility index (Phi) is 4.20. The molecule has 1 aliphatic rings. The monoisotopic (exact) mass is 264 g/mol. The van der Waals surface area contributed by atoms with Gasteiger partial charge >= 0.3 is 0 Å². The predicted molar refractivity (Wildman–Crippen MR) is 73.0 cm³/mol. The van der Waals surface area contributed by atoms with Crippen LogP contribution < -0.4 is 11.1 Å². The van der Waals surface area contributed by atoms with Gasteiger partial charge in [-0.2, -0.15) is 0 Å². The second-order valence-corrected chi connectivity index (χ2v) is 5.68. The van der Waals surface area contributed by atoms with Crippen LogP contribution in [0.2, 0.25) is 0 Å². The molecular formula is C15H21FN2O. The lowest BCUT2D eigenvalue weighted by Gasteiger charge is -2.19. The van der Waals surface area contributed by atoms with Crippen LogP contribution >= 0.6 is 0 Å². The molecule has 1 aromatic rings. The molecule has 1 aliphatic carbocycles. The first-order chi connectivity index (χ1) is 8.97. The minimum atomic E-state index is -0.468. The Labute approximate surface area is 113 Å². The van der Waals surface area contributed by atoms with E-state index in [1.165, 1.54) is 6.07 Å². The molecule has 19 heavy (non-hydrogen) atoms. The third-order valence-electron chi connectivity index (χ3n) is 3.56. The first-order valence-electron chi connectivity index (χ1n) is 6.81. The minimum absolute atomic E-state index is 0.0266. The quantitative estimate of drug-likeness (QED) is 0.876. The molecule has 4 heteroatoms. The number of hydrogen-bond acceptors (Lipinski definition) is 2. The van der Waals surface area contributed by atoms with Gasteiger partial charge in [-0.1, -0.05) is 19.9 Å². The number of aryl methyl sites for hydroxylation is 1. The molecule has 104 valence electrons. The normalized spacial score (nSPS) is 19.3. The summed E-state index contributed by atoms with van der Waals surface area (Å²) < 4.78 is 13.1. The first-order valence-corrected chi connectivity index (χ1v) is 6.81. The second-order valence-electron chi connectivity index (χ2n) is 5.68. The Morgan fingerprint density at radius 2 is 2.26 bits per heavy atom. The van der Waals surface area contributed by atoms with Crippen LogP contribution in [0.3, 0.4) is 0 Å². The first kappa shape index (κ1) is 14.0. The summed E-state index contributed by atoms with van der Waals surface area (Å²) in [7, 11) is 0. The number of fused-ring (bicyclic) bond motifs is 1. The number of nitrogens with two attached hydrogens (primary N) is 1. The standard InChI is InChI=1S/C15H21FN2O/c1-9(2)7-13(17)15(19)18-14-6-3-10-8-11(16)4-5-12(10)14/h4-5,8-9,13-14H,3,6-7,17H2,1-2H3,(H,18,19)/t13-,14?/m0/s1. The van der Waals surface area contributed by atoms with Gasteiger partial charge in [-0.15, -0.1) is 0 Å². The van der Waals surface area contributed by atoms with Crippen molar-refractivity contribution in [2.45, 2.75) is 45.2 Å². The van der Waals surface area contributed by atoms with E-state index in [0.717, 1.165) is 24.0 Å². The van der Waals surface area contributed by atoms with Gasteiger partial charge in [-0.25, -0.2) is 4.39 Å². The van der Waals surface area contributed by atoms with Crippen molar-refractivity contribution in [1.82, 2.24) is 5.32 Å². The van der Waals surface area contributed by atoms with Crippen molar-refractivity contribution in [1.29, 1.82) is 0 Å². The maximum Gasteiger partial charge on any atom is 0.237 e. The zero-order valence-electron chi connectivity index (χ0n) is 11.4. The maximum absolute atomic E-state index is 13.1. The Morgan fingerprint density at radius 1 is 1.53 bits per heavy atom. The van der Waals surface area contributed by atoms with Gasteiger partial charge in [0.15, 0.2) is 0 Å². The van der Waals surface area contributed by atoms with Crippen LogP contribution in [0.25, 0.3) is 0 Å². The molecule has 3 N–H and O–H groups in total. The summed E-state index contributed by atoms with van der Waals surface area (Å²) in [5.74, 6) is 0.0591. The van der Waals surface area contributed by atoms with Crippen molar-refractivity contribution >= 4 is 5.91 Å². The van der Waals surface area contributed by atoms with E-state index in [1.54, 1.807) is 12.1 Å². The highest BCUT2D eigenvalue weighted by Crippen LogP contribution is 2.31. The van der Waals surface area contributed by atoms with Crippen molar-refractivity contribution in [3.63, 3.8) is 0 Å². The molecule has 0 spiro atoms. The van der Waals surface area contributed by atoms with Gasteiger partial charge in [-0.3, -0.25) is 4.79 Å². The second kappa shape index (κ2) is 5.70. The molecule has 0 saturated carbocycles. The molecule has 3 nitrogen and oxygen atoms in total. The van der Waals surface area contributed by atoms with Crippen LogP contribution in [0.1, 0.15) is 43.9 Å². The molecular weight excluding hydrogens is 243 g/mol. The highest BCUT2D eigenvalue weighted by Gasteiger charge is 2.26. The number of halogens is 1. The fraction of sp³-hybridized carbons (Fsp3) is 0.533. The van der Waals surface area contributed by atoms with Crippen LogP contribution in [0.5, 0.6) is 0 Å². The number of hydrogen-bond donors (Lipinski definition) is 2. The number of amides is 1. The van der Waals surface area contributed by atoms with Crippen LogP contribution in [0, 0.1) is 11.7 Å². The van der Waals surface area contributed by atoms with Crippen LogP contribution in [-0.4, -0.2) is 11.9 Å². The highest BCUT2D eigenvalue weighted by atomic mass is 19.1. The van der Waals surface area contributed by atoms with E-state index in [-0.39, 0.29) is 17.8 Å². The van der Waals surface area contributed by atoms with Crippen LogP contribution in [0.4, 0.5) is 4.39 Å².